The van der Waals surface area contributed by atoms with E-state index >= 15 is 0 Å². The maximum atomic E-state index is 9.15. The highest BCUT2D eigenvalue weighted by Gasteiger charge is 2.13. The molecule has 0 saturated heterocycles. The molecule has 0 aromatic rings. The molecule has 62 valence electrons. The van der Waals surface area contributed by atoms with Gasteiger partial charge in [-0.05, 0) is 0 Å². The molecule has 0 bridgehead atoms. The van der Waals surface area contributed by atoms with Crippen LogP contribution in [0.2, 0.25) is 0 Å². The molecule has 0 aliphatic rings. The largest absolute Gasteiger partial charge is 0.386 e. The zero-order valence-electron chi connectivity index (χ0n) is 6.83. The highest BCUT2D eigenvalue weighted by Crippen LogP contribution is 1.92. The Morgan fingerprint density at radius 3 is 2.20 bits per heavy atom. The monoisotopic (exact) mass is 149 g/mol. The van der Waals surface area contributed by atoms with Crippen LogP contribution in [-0.2, 0) is 0 Å². The minimum absolute atomic E-state index is 0.232. The van der Waals surface area contributed by atoms with Crippen LogP contribution in [0, 0.1) is 0 Å². The maximum Gasteiger partial charge on any atom is 0.118 e. The van der Waals surface area contributed by atoms with Crippen molar-refractivity contribution in [3.8, 4) is 0 Å². The predicted octanol–water partition coefficient (Wildman–Crippen LogP) is -0.968. The molecule has 0 amide bonds. The molecule has 0 radical (unpaired) electrons. The lowest BCUT2D eigenvalue weighted by Gasteiger charge is -2.26. The van der Waals surface area contributed by atoms with Crippen molar-refractivity contribution >= 4 is 0 Å². The molecule has 0 fully saturated rings. The summed E-state index contributed by atoms with van der Waals surface area (Å²) in [4.78, 5) is 0. The fraction of sp³-hybridized carbons (Fsp3) is 1.00. The van der Waals surface area contributed by atoms with E-state index in [-0.39, 0.29) is 6.54 Å². The molecule has 1 atom stereocenters. The van der Waals surface area contributed by atoms with Crippen LogP contribution in [0.4, 0.5) is 0 Å². The Balaban J connectivity index is 3.47. The summed E-state index contributed by atoms with van der Waals surface area (Å²) in [5.74, 6) is 0. The van der Waals surface area contributed by atoms with Crippen molar-refractivity contribution in [1.82, 2.24) is 5.48 Å². The van der Waals surface area contributed by atoms with Crippen LogP contribution < -0.4 is 5.48 Å². The van der Waals surface area contributed by atoms with E-state index < -0.39 is 6.10 Å². The van der Waals surface area contributed by atoms with Gasteiger partial charge < -0.3 is 14.8 Å². The number of hydrogen-bond acceptors (Lipinski definition) is 3. The zero-order valence-corrected chi connectivity index (χ0v) is 6.83. The molecule has 0 spiro atoms. The zero-order chi connectivity index (χ0) is 8.20. The van der Waals surface area contributed by atoms with Crippen molar-refractivity contribution in [2.24, 2.45) is 0 Å². The molecule has 0 saturated carbocycles. The number of nitrogens with zero attached hydrogens (tertiary/aromatic N) is 1. The van der Waals surface area contributed by atoms with Crippen LogP contribution in [0.3, 0.4) is 0 Å². The van der Waals surface area contributed by atoms with E-state index in [0.717, 1.165) is 0 Å². The Kier molecular flexibility index (Phi) is 3.81. The highest BCUT2D eigenvalue weighted by atomic mass is 16.5. The van der Waals surface area contributed by atoms with Crippen LogP contribution in [-0.4, -0.2) is 55.1 Å². The van der Waals surface area contributed by atoms with Crippen molar-refractivity contribution in [2.45, 2.75) is 6.10 Å². The van der Waals surface area contributed by atoms with Gasteiger partial charge in [0.1, 0.15) is 12.6 Å². The van der Waals surface area contributed by atoms with Crippen LogP contribution in [0.5, 0.6) is 0 Å². The average molecular weight is 149 g/mol. The van der Waals surface area contributed by atoms with Crippen molar-refractivity contribution in [2.75, 3.05) is 34.2 Å². The van der Waals surface area contributed by atoms with Crippen LogP contribution in [0.1, 0.15) is 0 Å². The van der Waals surface area contributed by atoms with Gasteiger partial charge in [0.2, 0.25) is 0 Å². The van der Waals surface area contributed by atoms with Gasteiger partial charge in [0, 0.05) is 0 Å². The normalized spacial score (nSPS) is 15.3. The van der Waals surface area contributed by atoms with Crippen molar-refractivity contribution in [3.05, 3.63) is 0 Å². The minimum Gasteiger partial charge on any atom is -0.386 e. The second-order valence-corrected chi connectivity index (χ2v) is 3.49. The molecule has 10 heavy (non-hydrogen) atoms. The Morgan fingerprint density at radius 1 is 1.40 bits per heavy atom. The number of rotatable bonds is 4. The molecule has 1 unspecified atom stereocenters. The SMILES string of the molecule is C[N+](C)(C)CC(O)CNO. The van der Waals surface area contributed by atoms with Gasteiger partial charge in [-0.15, -0.1) is 0 Å². The number of nitrogens with one attached hydrogen (secondary N) is 1. The van der Waals surface area contributed by atoms with Crippen LogP contribution >= 0.6 is 0 Å². The van der Waals surface area contributed by atoms with E-state index in [1.54, 1.807) is 0 Å². The van der Waals surface area contributed by atoms with E-state index in [1.807, 2.05) is 26.6 Å². The van der Waals surface area contributed by atoms with Crippen molar-refractivity contribution in [1.29, 1.82) is 0 Å². The summed E-state index contributed by atoms with van der Waals surface area (Å²) in [6.07, 6.45) is -0.481. The third-order valence-corrected chi connectivity index (χ3v) is 1.09. The summed E-state index contributed by atoms with van der Waals surface area (Å²) in [6.45, 7) is 0.864. The number of aliphatic hydroxyl groups is 1. The summed E-state index contributed by atoms with van der Waals surface area (Å²) in [5, 5.41) is 17.4. The number of likely N-dealkylation sites (N-methyl/N-ethyl adjacent to an activating group) is 1. The number of hydroxylamine groups is 1. The quantitative estimate of drug-likeness (QED) is 0.356. The first-order valence-corrected chi connectivity index (χ1v) is 3.31. The third-order valence-electron chi connectivity index (χ3n) is 1.09. The summed E-state index contributed by atoms with van der Waals surface area (Å²) in [7, 11) is 5.96. The average Bonchev–Trinajstić information content (AvgIpc) is 1.59. The second kappa shape index (κ2) is 3.88. The summed E-state index contributed by atoms with van der Waals surface area (Å²) in [5.41, 5.74) is 1.93. The first-order valence-electron chi connectivity index (χ1n) is 3.31. The van der Waals surface area contributed by atoms with Crippen LogP contribution in [0.15, 0.2) is 0 Å². The molecule has 0 aliphatic heterocycles. The fourth-order valence-electron chi connectivity index (χ4n) is 0.802. The van der Waals surface area contributed by atoms with Gasteiger partial charge in [-0.2, -0.15) is 0 Å². The lowest BCUT2D eigenvalue weighted by molar-refractivity contribution is -0.873. The Hall–Kier alpha value is -0.160. The Bertz CT molecular complexity index is 90.2. The Labute approximate surface area is 61.6 Å². The topological polar surface area (TPSA) is 52.5 Å². The molecule has 4 nitrogen and oxygen atoms in total. The van der Waals surface area contributed by atoms with Gasteiger partial charge in [-0.3, -0.25) is 0 Å². The molecule has 3 N–H and O–H groups in total. The predicted molar refractivity (Wildman–Crippen MR) is 38.7 cm³/mol. The molecule has 0 aliphatic carbocycles. The van der Waals surface area contributed by atoms with E-state index in [1.165, 1.54) is 0 Å². The first-order chi connectivity index (χ1) is 4.45. The van der Waals surface area contributed by atoms with E-state index in [4.69, 9.17) is 10.3 Å². The van der Waals surface area contributed by atoms with E-state index in [9.17, 15) is 0 Å². The standard InChI is InChI=1S/C6H17N2O2/c1-8(2,3)5-6(9)4-7-10/h6-7,9-10H,4-5H2,1-3H3/q+1. The van der Waals surface area contributed by atoms with Gasteiger partial charge >= 0.3 is 0 Å². The summed E-state index contributed by atoms with van der Waals surface area (Å²) in [6, 6.07) is 0. The molecule has 4 heteroatoms. The van der Waals surface area contributed by atoms with E-state index in [2.05, 4.69) is 0 Å². The highest BCUT2D eigenvalue weighted by molar-refractivity contribution is 4.52. The maximum absolute atomic E-state index is 9.15. The Morgan fingerprint density at radius 2 is 1.90 bits per heavy atom. The van der Waals surface area contributed by atoms with Gasteiger partial charge in [-0.1, -0.05) is 0 Å². The van der Waals surface area contributed by atoms with Crippen LogP contribution in [0.25, 0.3) is 0 Å². The molecule has 0 heterocycles. The number of aliphatic hydroxyl groups excluding tert-OH is 1. The fourth-order valence-corrected chi connectivity index (χ4v) is 0.802. The van der Waals surface area contributed by atoms with Gasteiger partial charge in [0.15, 0.2) is 0 Å². The smallest absolute Gasteiger partial charge is 0.118 e. The second-order valence-electron chi connectivity index (χ2n) is 3.49. The molecule has 0 aromatic heterocycles. The third kappa shape index (κ3) is 5.97. The number of hydrogen-bond donors (Lipinski definition) is 3. The molecule has 0 aromatic carbocycles. The summed E-state index contributed by atoms with van der Waals surface area (Å²) >= 11 is 0. The lowest BCUT2D eigenvalue weighted by Crippen LogP contribution is -2.44. The van der Waals surface area contributed by atoms with Gasteiger partial charge in [0.05, 0.1) is 27.7 Å². The molecule has 0 rings (SSSR count). The van der Waals surface area contributed by atoms with Crippen molar-refractivity contribution < 1.29 is 14.8 Å². The lowest BCUT2D eigenvalue weighted by atomic mass is 10.3. The van der Waals surface area contributed by atoms with E-state index in [0.29, 0.717) is 11.0 Å². The summed E-state index contributed by atoms with van der Waals surface area (Å²) < 4.78 is 0.697. The van der Waals surface area contributed by atoms with Crippen molar-refractivity contribution in [3.63, 3.8) is 0 Å². The number of quaternary nitrogens is 1. The molecular formula is C6H17N2O2+. The minimum atomic E-state index is -0.481. The van der Waals surface area contributed by atoms with Gasteiger partial charge in [0.25, 0.3) is 0 Å². The van der Waals surface area contributed by atoms with Gasteiger partial charge in [-0.25, -0.2) is 5.48 Å². The first kappa shape index (κ1) is 9.84. The molecular weight excluding hydrogens is 132 g/mol.